The van der Waals surface area contributed by atoms with Gasteiger partial charge < -0.3 is 5.32 Å². The number of aromatic nitrogens is 1. The fraction of sp³-hybridized carbons (Fsp3) is 0.154. The van der Waals surface area contributed by atoms with Crippen molar-refractivity contribution in [1.29, 1.82) is 0 Å². The summed E-state index contributed by atoms with van der Waals surface area (Å²) in [5.74, 6) is -0.445. The van der Waals surface area contributed by atoms with Gasteiger partial charge in [-0.05, 0) is 23.8 Å². The maximum absolute atomic E-state index is 13.6. The SMILES string of the molecule is O=[N+]([O-])CC(Nc1ccccc1F)c1cccnc1. The second kappa shape index (κ2) is 5.90. The van der Waals surface area contributed by atoms with Crippen LogP contribution in [0.3, 0.4) is 0 Å². The molecular formula is C13H12FN3O2. The van der Waals surface area contributed by atoms with Crippen molar-refractivity contribution in [3.63, 3.8) is 0 Å². The number of hydrogen-bond acceptors (Lipinski definition) is 4. The van der Waals surface area contributed by atoms with Crippen LogP contribution in [-0.2, 0) is 0 Å². The van der Waals surface area contributed by atoms with Gasteiger partial charge in [-0.1, -0.05) is 18.2 Å². The highest BCUT2D eigenvalue weighted by Crippen LogP contribution is 2.21. The molecule has 98 valence electrons. The van der Waals surface area contributed by atoms with Crippen molar-refractivity contribution < 1.29 is 9.31 Å². The summed E-state index contributed by atoms with van der Waals surface area (Å²) in [7, 11) is 0. The van der Waals surface area contributed by atoms with Crippen molar-refractivity contribution >= 4 is 5.69 Å². The molecule has 0 saturated carbocycles. The Morgan fingerprint density at radius 1 is 1.32 bits per heavy atom. The molecule has 1 aromatic heterocycles. The van der Waals surface area contributed by atoms with Crippen LogP contribution in [0.1, 0.15) is 11.6 Å². The maximum atomic E-state index is 13.6. The molecule has 0 saturated heterocycles. The van der Waals surface area contributed by atoms with Gasteiger partial charge in [0.15, 0.2) is 0 Å². The highest BCUT2D eigenvalue weighted by atomic mass is 19.1. The molecular weight excluding hydrogens is 249 g/mol. The largest absolute Gasteiger partial charge is 0.370 e. The van der Waals surface area contributed by atoms with E-state index in [-0.39, 0.29) is 12.2 Å². The highest BCUT2D eigenvalue weighted by molar-refractivity contribution is 5.46. The van der Waals surface area contributed by atoms with Gasteiger partial charge in [-0.2, -0.15) is 0 Å². The lowest BCUT2D eigenvalue weighted by Crippen LogP contribution is -2.21. The number of hydrogen-bond donors (Lipinski definition) is 1. The normalized spacial score (nSPS) is 11.8. The Balaban J connectivity index is 2.24. The van der Waals surface area contributed by atoms with Gasteiger partial charge in [0.1, 0.15) is 11.9 Å². The zero-order valence-electron chi connectivity index (χ0n) is 9.99. The fourth-order valence-electron chi connectivity index (χ4n) is 1.73. The molecule has 19 heavy (non-hydrogen) atoms. The number of rotatable bonds is 5. The summed E-state index contributed by atoms with van der Waals surface area (Å²) in [6.45, 7) is -0.347. The zero-order valence-corrected chi connectivity index (χ0v) is 9.99. The van der Waals surface area contributed by atoms with E-state index in [1.54, 1.807) is 36.5 Å². The minimum Gasteiger partial charge on any atom is -0.370 e. The summed E-state index contributed by atoms with van der Waals surface area (Å²) in [4.78, 5) is 14.2. The van der Waals surface area contributed by atoms with Gasteiger partial charge >= 0.3 is 0 Å². The molecule has 0 spiro atoms. The molecule has 0 bridgehead atoms. The second-order valence-corrected chi connectivity index (χ2v) is 3.98. The number of pyridine rings is 1. The van der Waals surface area contributed by atoms with E-state index in [1.807, 2.05) is 0 Å². The minimum absolute atomic E-state index is 0.234. The molecule has 1 atom stereocenters. The third kappa shape index (κ3) is 3.48. The van der Waals surface area contributed by atoms with E-state index >= 15 is 0 Å². The molecule has 2 rings (SSSR count). The van der Waals surface area contributed by atoms with Crippen molar-refractivity contribution in [2.45, 2.75) is 6.04 Å². The molecule has 6 heteroatoms. The van der Waals surface area contributed by atoms with E-state index in [0.717, 1.165) is 0 Å². The lowest BCUT2D eigenvalue weighted by Gasteiger charge is -2.16. The molecule has 5 nitrogen and oxygen atoms in total. The van der Waals surface area contributed by atoms with E-state index in [2.05, 4.69) is 10.3 Å². The summed E-state index contributed by atoms with van der Waals surface area (Å²) in [6.07, 6.45) is 3.11. The average Bonchev–Trinajstić information content (AvgIpc) is 2.41. The van der Waals surface area contributed by atoms with Gasteiger partial charge in [-0.25, -0.2) is 4.39 Å². The topological polar surface area (TPSA) is 68.1 Å². The van der Waals surface area contributed by atoms with E-state index in [1.165, 1.54) is 12.3 Å². The van der Waals surface area contributed by atoms with Crippen LogP contribution in [-0.4, -0.2) is 16.5 Å². The second-order valence-electron chi connectivity index (χ2n) is 3.98. The van der Waals surface area contributed by atoms with Crippen LogP contribution in [0.2, 0.25) is 0 Å². The number of benzene rings is 1. The first-order valence-corrected chi connectivity index (χ1v) is 5.69. The Hall–Kier alpha value is -2.50. The Labute approximate surface area is 109 Å². The van der Waals surface area contributed by atoms with Crippen LogP contribution < -0.4 is 5.32 Å². The number of nitro groups is 1. The van der Waals surface area contributed by atoms with Crippen LogP contribution >= 0.6 is 0 Å². The number of halogens is 1. The van der Waals surface area contributed by atoms with Gasteiger partial charge in [0, 0.05) is 17.3 Å². The summed E-state index contributed by atoms with van der Waals surface area (Å²) < 4.78 is 13.6. The standard InChI is InChI=1S/C13H12FN3O2/c14-11-5-1-2-6-12(11)16-13(9-17(18)19)10-4-3-7-15-8-10/h1-8,13,16H,9H2. The third-order valence-electron chi connectivity index (χ3n) is 2.62. The first-order valence-electron chi connectivity index (χ1n) is 5.69. The van der Waals surface area contributed by atoms with Crippen molar-refractivity contribution in [2.75, 3.05) is 11.9 Å². The first-order chi connectivity index (χ1) is 9.16. The summed E-state index contributed by atoms with van der Waals surface area (Å²) in [6, 6.07) is 8.85. The smallest absolute Gasteiger partial charge is 0.227 e. The molecule has 1 aromatic carbocycles. The quantitative estimate of drug-likeness (QED) is 0.663. The molecule has 0 aliphatic carbocycles. The molecule has 0 fully saturated rings. The molecule has 0 amide bonds. The predicted molar refractivity (Wildman–Crippen MR) is 68.9 cm³/mol. The molecule has 2 aromatic rings. The van der Waals surface area contributed by atoms with E-state index in [4.69, 9.17) is 0 Å². The summed E-state index contributed by atoms with van der Waals surface area (Å²) >= 11 is 0. The van der Waals surface area contributed by atoms with Crippen LogP contribution in [0.15, 0.2) is 48.8 Å². The molecule has 1 unspecified atom stereocenters. The lowest BCUT2D eigenvalue weighted by atomic mass is 10.1. The third-order valence-corrected chi connectivity index (χ3v) is 2.62. The van der Waals surface area contributed by atoms with Crippen molar-refractivity contribution in [3.8, 4) is 0 Å². The Morgan fingerprint density at radius 2 is 2.11 bits per heavy atom. The number of nitrogens with one attached hydrogen (secondary N) is 1. The maximum Gasteiger partial charge on any atom is 0.227 e. The fourth-order valence-corrected chi connectivity index (χ4v) is 1.73. The average molecular weight is 261 g/mol. The van der Waals surface area contributed by atoms with Crippen LogP contribution in [0.25, 0.3) is 0 Å². The Kier molecular flexibility index (Phi) is 4.02. The van der Waals surface area contributed by atoms with Crippen LogP contribution in [0.4, 0.5) is 10.1 Å². The van der Waals surface area contributed by atoms with E-state index in [9.17, 15) is 14.5 Å². The van der Waals surface area contributed by atoms with Crippen molar-refractivity contribution in [2.24, 2.45) is 0 Å². The number of anilines is 1. The lowest BCUT2D eigenvalue weighted by molar-refractivity contribution is -0.482. The van der Waals surface area contributed by atoms with Crippen LogP contribution in [0.5, 0.6) is 0 Å². The predicted octanol–water partition coefficient (Wildman–Crippen LogP) is 2.65. The molecule has 0 aliphatic rings. The molecule has 1 heterocycles. The van der Waals surface area contributed by atoms with Crippen LogP contribution in [0, 0.1) is 15.9 Å². The van der Waals surface area contributed by atoms with Gasteiger partial charge in [0.25, 0.3) is 0 Å². The van der Waals surface area contributed by atoms with E-state index < -0.39 is 16.8 Å². The van der Waals surface area contributed by atoms with Crippen molar-refractivity contribution in [3.05, 3.63) is 70.3 Å². The number of nitrogens with zero attached hydrogens (tertiary/aromatic N) is 2. The van der Waals surface area contributed by atoms with Gasteiger partial charge in [0.2, 0.25) is 6.54 Å². The molecule has 0 radical (unpaired) electrons. The molecule has 0 aliphatic heterocycles. The minimum atomic E-state index is -0.624. The summed E-state index contributed by atoms with van der Waals surface area (Å²) in [5.41, 5.74) is 0.876. The van der Waals surface area contributed by atoms with E-state index in [0.29, 0.717) is 5.56 Å². The monoisotopic (exact) mass is 261 g/mol. The zero-order chi connectivity index (χ0) is 13.7. The number of para-hydroxylation sites is 1. The van der Waals surface area contributed by atoms with Gasteiger partial charge in [0.05, 0.1) is 5.69 Å². The highest BCUT2D eigenvalue weighted by Gasteiger charge is 2.18. The Bertz CT molecular complexity index is 563. The Morgan fingerprint density at radius 3 is 2.74 bits per heavy atom. The van der Waals surface area contributed by atoms with Gasteiger partial charge in [-0.3, -0.25) is 15.1 Å². The first kappa shape index (κ1) is 12.9. The van der Waals surface area contributed by atoms with Crippen molar-refractivity contribution in [1.82, 2.24) is 4.98 Å². The summed E-state index contributed by atoms with van der Waals surface area (Å²) in [5, 5.41) is 13.5. The van der Waals surface area contributed by atoms with Gasteiger partial charge in [-0.15, -0.1) is 0 Å². The molecule has 1 N–H and O–H groups in total.